The molecule has 6 nitrogen and oxygen atoms in total. The van der Waals surface area contributed by atoms with E-state index < -0.39 is 0 Å². The number of halogens is 1. The summed E-state index contributed by atoms with van der Waals surface area (Å²) in [6.07, 6.45) is 1.74. The highest BCUT2D eigenvalue weighted by molar-refractivity contribution is 7.18. The first-order valence-corrected chi connectivity index (χ1v) is 10.9. The molecule has 0 atom stereocenters. The zero-order chi connectivity index (χ0) is 21.3. The minimum absolute atomic E-state index is 0.0673. The van der Waals surface area contributed by atoms with Crippen LogP contribution >= 0.6 is 22.9 Å². The van der Waals surface area contributed by atoms with Gasteiger partial charge in [0.05, 0.1) is 42.1 Å². The first kappa shape index (κ1) is 20.8. The number of methoxy groups -OCH3 is 3. The Labute approximate surface area is 184 Å². The van der Waals surface area contributed by atoms with E-state index in [4.69, 9.17) is 30.8 Å². The van der Waals surface area contributed by atoms with Gasteiger partial charge in [0.15, 0.2) is 11.5 Å². The molecule has 4 rings (SSSR count). The molecule has 2 aromatic carbocycles. The molecule has 8 heteroatoms. The van der Waals surface area contributed by atoms with Gasteiger partial charge in [-0.15, -0.1) is 11.3 Å². The molecule has 0 aliphatic carbocycles. The Kier molecular flexibility index (Phi) is 6.01. The van der Waals surface area contributed by atoms with Crippen LogP contribution in [-0.2, 0) is 0 Å². The lowest BCUT2D eigenvalue weighted by atomic mass is 9.97. The maximum Gasteiger partial charge on any atom is 0.257 e. The molecule has 3 aromatic rings. The van der Waals surface area contributed by atoms with E-state index in [1.807, 2.05) is 23.1 Å². The van der Waals surface area contributed by atoms with Gasteiger partial charge in [-0.3, -0.25) is 4.79 Å². The molecular weight excluding hydrogens is 424 g/mol. The number of nitrogens with zero attached hydrogens (tertiary/aromatic N) is 2. The Bertz CT molecular complexity index is 1080. The SMILES string of the molecule is COc1cc(OC)c(C(=O)N2CCC(c3nc4cc(Cl)ccc4s3)CC2)cc1OC. The zero-order valence-corrected chi connectivity index (χ0v) is 18.7. The number of ether oxygens (including phenoxy) is 3. The van der Waals surface area contributed by atoms with Crippen molar-refractivity contribution in [3.8, 4) is 17.2 Å². The molecule has 1 saturated heterocycles. The van der Waals surface area contributed by atoms with Crippen LogP contribution in [0.5, 0.6) is 17.2 Å². The Balaban J connectivity index is 1.50. The standard InChI is InChI=1S/C22H23ClN2O4S/c1-27-17-12-19(29-3)18(28-2)11-15(17)22(26)25-8-6-13(7-9-25)21-24-16-10-14(23)4-5-20(16)30-21/h4-5,10-13H,6-9H2,1-3H3. The summed E-state index contributed by atoms with van der Waals surface area (Å²) in [4.78, 5) is 19.8. The third-order valence-electron chi connectivity index (χ3n) is 5.43. The Morgan fingerprint density at radius 1 is 1.03 bits per heavy atom. The number of piperidine rings is 1. The number of benzene rings is 2. The number of likely N-dealkylation sites (tertiary alicyclic amines) is 1. The van der Waals surface area contributed by atoms with E-state index in [1.54, 1.807) is 44.8 Å². The lowest BCUT2D eigenvalue weighted by Crippen LogP contribution is -2.38. The van der Waals surface area contributed by atoms with Crippen molar-refractivity contribution < 1.29 is 19.0 Å². The average Bonchev–Trinajstić information content (AvgIpc) is 3.20. The summed E-state index contributed by atoms with van der Waals surface area (Å²) in [6.45, 7) is 1.33. The molecule has 158 valence electrons. The van der Waals surface area contributed by atoms with Crippen LogP contribution in [0.1, 0.15) is 34.1 Å². The van der Waals surface area contributed by atoms with Gasteiger partial charge in [0, 0.05) is 36.2 Å². The fourth-order valence-corrected chi connectivity index (χ4v) is 5.07. The number of aromatic nitrogens is 1. The van der Waals surface area contributed by atoms with Crippen LogP contribution in [0.25, 0.3) is 10.2 Å². The fraction of sp³-hybridized carbons (Fsp3) is 0.364. The summed E-state index contributed by atoms with van der Waals surface area (Å²) in [5.41, 5.74) is 1.42. The highest BCUT2D eigenvalue weighted by Gasteiger charge is 2.29. The highest BCUT2D eigenvalue weighted by Crippen LogP contribution is 2.38. The van der Waals surface area contributed by atoms with E-state index in [2.05, 4.69) is 0 Å². The monoisotopic (exact) mass is 446 g/mol. The normalized spacial score (nSPS) is 14.7. The summed E-state index contributed by atoms with van der Waals surface area (Å²) in [5, 5.41) is 1.81. The Hall–Kier alpha value is -2.51. The highest BCUT2D eigenvalue weighted by atomic mass is 35.5. The number of fused-ring (bicyclic) bond motifs is 1. The summed E-state index contributed by atoms with van der Waals surface area (Å²) in [5.74, 6) is 1.79. The van der Waals surface area contributed by atoms with Crippen LogP contribution < -0.4 is 14.2 Å². The minimum Gasteiger partial charge on any atom is -0.496 e. The lowest BCUT2D eigenvalue weighted by molar-refractivity contribution is 0.0709. The number of rotatable bonds is 5. The molecule has 1 amide bonds. The molecule has 0 saturated carbocycles. The van der Waals surface area contributed by atoms with Crippen molar-refractivity contribution in [2.75, 3.05) is 34.4 Å². The maximum absolute atomic E-state index is 13.2. The third-order valence-corrected chi connectivity index (χ3v) is 6.87. The Morgan fingerprint density at radius 3 is 2.37 bits per heavy atom. The van der Waals surface area contributed by atoms with Gasteiger partial charge in [-0.25, -0.2) is 4.98 Å². The topological polar surface area (TPSA) is 60.9 Å². The number of amides is 1. The van der Waals surface area contributed by atoms with Crippen LogP contribution in [0.15, 0.2) is 30.3 Å². The largest absolute Gasteiger partial charge is 0.496 e. The predicted octanol–water partition coefficient (Wildman–Crippen LogP) is 5.00. The molecule has 0 unspecified atom stereocenters. The van der Waals surface area contributed by atoms with E-state index in [0.29, 0.717) is 46.8 Å². The minimum atomic E-state index is -0.0673. The molecule has 1 fully saturated rings. The number of hydrogen-bond acceptors (Lipinski definition) is 6. The van der Waals surface area contributed by atoms with E-state index in [9.17, 15) is 4.79 Å². The van der Waals surface area contributed by atoms with E-state index >= 15 is 0 Å². The van der Waals surface area contributed by atoms with Crippen LogP contribution in [-0.4, -0.2) is 50.2 Å². The summed E-state index contributed by atoms with van der Waals surface area (Å²) >= 11 is 7.79. The van der Waals surface area contributed by atoms with Crippen molar-refractivity contribution in [2.24, 2.45) is 0 Å². The van der Waals surface area contributed by atoms with Crippen molar-refractivity contribution >= 4 is 39.1 Å². The third kappa shape index (κ3) is 3.91. The summed E-state index contributed by atoms with van der Waals surface area (Å²) < 4.78 is 17.2. The van der Waals surface area contributed by atoms with Crippen LogP contribution in [0.3, 0.4) is 0 Å². The van der Waals surface area contributed by atoms with Crippen molar-refractivity contribution in [1.29, 1.82) is 0 Å². The van der Waals surface area contributed by atoms with Crippen molar-refractivity contribution in [1.82, 2.24) is 9.88 Å². The predicted molar refractivity (Wildman–Crippen MR) is 119 cm³/mol. The van der Waals surface area contributed by atoms with Crippen LogP contribution in [0, 0.1) is 0 Å². The molecule has 30 heavy (non-hydrogen) atoms. The van der Waals surface area contributed by atoms with Gasteiger partial charge in [-0.05, 0) is 31.0 Å². The van der Waals surface area contributed by atoms with E-state index in [0.717, 1.165) is 28.1 Å². The van der Waals surface area contributed by atoms with Crippen molar-refractivity contribution in [2.45, 2.75) is 18.8 Å². The molecular formula is C22H23ClN2O4S. The van der Waals surface area contributed by atoms with Crippen LogP contribution in [0.2, 0.25) is 5.02 Å². The van der Waals surface area contributed by atoms with Gasteiger partial charge >= 0.3 is 0 Å². The number of hydrogen-bond donors (Lipinski definition) is 0. The number of carbonyl (C=O) groups excluding carboxylic acids is 1. The number of thiazole rings is 1. The second-order valence-electron chi connectivity index (χ2n) is 7.14. The molecule has 0 spiro atoms. The van der Waals surface area contributed by atoms with Gasteiger partial charge in [0.25, 0.3) is 5.91 Å². The molecule has 0 radical (unpaired) electrons. The van der Waals surface area contributed by atoms with Gasteiger partial charge in [-0.2, -0.15) is 0 Å². The summed E-state index contributed by atoms with van der Waals surface area (Å²) in [7, 11) is 4.65. The van der Waals surface area contributed by atoms with E-state index in [1.165, 1.54) is 0 Å². The molecule has 2 heterocycles. The van der Waals surface area contributed by atoms with Gasteiger partial charge in [-0.1, -0.05) is 11.6 Å². The second kappa shape index (κ2) is 8.70. The number of carbonyl (C=O) groups is 1. The first-order chi connectivity index (χ1) is 14.5. The molecule has 1 aromatic heterocycles. The second-order valence-corrected chi connectivity index (χ2v) is 8.64. The average molecular weight is 447 g/mol. The maximum atomic E-state index is 13.2. The quantitative estimate of drug-likeness (QED) is 0.552. The van der Waals surface area contributed by atoms with Crippen molar-refractivity contribution in [3.05, 3.63) is 45.9 Å². The van der Waals surface area contributed by atoms with E-state index in [-0.39, 0.29) is 5.91 Å². The Morgan fingerprint density at radius 2 is 1.70 bits per heavy atom. The van der Waals surface area contributed by atoms with Gasteiger partial charge in [0.1, 0.15) is 5.75 Å². The molecule has 0 bridgehead atoms. The molecule has 1 aliphatic rings. The summed E-state index contributed by atoms with van der Waals surface area (Å²) in [6, 6.07) is 9.18. The fourth-order valence-electron chi connectivity index (χ4n) is 3.79. The van der Waals surface area contributed by atoms with Crippen LogP contribution in [0.4, 0.5) is 0 Å². The first-order valence-electron chi connectivity index (χ1n) is 9.69. The molecule has 1 aliphatic heterocycles. The smallest absolute Gasteiger partial charge is 0.257 e. The molecule has 0 N–H and O–H groups in total. The van der Waals surface area contributed by atoms with Gasteiger partial charge in [0.2, 0.25) is 0 Å². The lowest BCUT2D eigenvalue weighted by Gasteiger charge is -2.31. The van der Waals surface area contributed by atoms with Gasteiger partial charge < -0.3 is 19.1 Å². The zero-order valence-electron chi connectivity index (χ0n) is 17.1. The van der Waals surface area contributed by atoms with Crippen molar-refractivity contribution in [3.63, 3.8) is 0 Å².